The molecule has 0 saturated heterocycles. The highest BCUT2D eigenvalue weighted by atomic mass is 35.5. The standard InChI is InChI=1S/C26H32Cl2N2O3/c1-3-24(26(32)29-19-10-5-4-6-11-19)30(17-18-9-7-12-20(15-18)33-2)25(31)16-21-22(27)13-8-14-23(21)28/h7-9,12-15,19,24H,3-6,10-11,16-17H2,1-2H3,(H,29,32). The van der Waals surface area contributed by atoms with E-state index in [0.29, 0.717) is 27.8 Å². The molecule has 0 aliphatic heterocycles. The molecule has 2 aromatic rings. The second-order valence-corrected chi connectivity index (χ2v) is 9.33. The third kappa shape index (κ3) is 6.87. The van der Waals surface area contributed by atoms with E-state index in [1.54, 1.807) is 30.2 Å². The van der Waals surface area contributed by atoms with Crippen LogP contribution in [-0.4, -0.2) is 35.9 Å². The Kier molecular flexibility index (Phi) is 9.45. The van der Waals surface area contributed by atoms with Crippen LogP contribution >= 0.6 is 23.2 Å². The molecule has 2 aromatic carbocycles. The lowest BCUT2D eigenvalue weighted by Gasteiger charge is -2.33. The second kappa shape index (κ2) is 12.3. The minimum Gasteiger partial charge on any atom is -0.497 e. The van der Waals surface area contributed by atoms with Crippen molar-refractivity contribution < 1.29 is 14.3 Å². The van der Waals surface area contributed by atoms with Gasteiger partial charge in [-0.25, -0.2) is 0 Å². The van der Waals surface area contributed by atoms with Crippen molar-refractivity contribution in [1.29, 1.82) is 0 Å². The molecule has 3 rings (SSSR count). The Labute approximate surface area is 206 Å². The summed E-state index contributed by atoms with van der Waals surface area (Å²) in [6, 6.07) is 12.3. The van der Waals surface area contributed by atoms with Gasteiger partial charge < -0.3 is 15.0 Å². The molecule has 178 valence electrons. The fourth-order valence-corrected chi connectivity index (χ4v) is 4.92. The zero-order valence-corrected chi connectivity index (χ0v) is 20.8. The van der Waals surface area contributed by atoms with Gasteiger partial charge in [-0.3, -0.25) is 9.59 Å². The van der Waals surface area contributed by atoms with E-state index in [-0.39, 0.29) is 30.8 Å². The van der Waals surface area contributed by atoms with Crippen LogP contribution in [0.3, 0.4) is 0 Å². The third-order valence-electron chi connectivity index (χ3n) is 6.21. The number of rotatable bonds is 9. The van der Waals surface area contributed by atoms with E-state index < -0.39 is 6.04 Å². The maximum absolute atomic E-state index is 13.6. The largest absolute Gasteiger partial charge is 0.497 e. The van der Waals surface area contributed by atoms with Gasteiger partial charge in [0.05, 0.1) is 13.5 Å². The number of hydrogen-bond acceptors (Lipinski definition) is 3. The summed E-state index contributed by atoms with van der Waals surface area (Å²) < 4.78 is 5.34. The first-order valence-corrected chi connectivity index (χ1v) is 12.3. The molecule has 1 aliphatic carbocycles. The minimum absolute atomic E-state index is 0.0235. The molecule has 1 saturated carbocycles. The zero-order chi connectivity index (χ0) is 23.8. The Morgan fingerprint density at radius 1 is 1.09 bits per heavy atom. The molecule has 0 radical (unpaired) electrons. The average Bonchev–Trinajstić information content (AvgIpc) is 2.82. The first-order valence-electron chi connectivity index (χ1n) is 11.6. The summed E-state index contributed by atoms with van der Waals surface area (Å²) in [4.78, 5) is 28.5. The predicted molar refractivity (Wildman–Crippen MR) is 133 cm³/mol. The van der Waals surface area contributed by atoms with Crippen LogP contribution in [-0.2, 0) is 22.6 Å². The number of amides is 2. The number of benzene rings is 2. The van der Waals surface area contributed by atoms with Gasteiger partial charge >= 0.3 is 0 Å². The van der Waals surface area contributed by atoms with E-state index in [1.165, 1.54) is 6.42 Å². The highest BCUT2D eigenvalue weighted by Crippen LogP contribution is 2.27. The predicted octanol–water partition coefficient (Wildman–Crippen LogP) is 5.80. The fourth-order valence-electron chi connectivity index (χ4n) is 4.39. The summed E-state index contributed by atoms with van der Waals surface area (Å²) in [6.45, 7) is 2.22. The number of ether oxygens (including phenoxy) is 1. The molecule has 1 fully saturated rings. The van der Waals surface area contributed by atoms with E-state index in [9.17, 15) is 9.59 Å². The van der Waals surface area contributed by atoms with Gasteiger partial charge in [0.25, 0.3) is 0 Å². The second-order valence-electron chi connectivity index (χ2n) is 8.52. The van der Waals surface area contributed by atoms with Crippen LogP contribution in [0.2, 0.25) is 10.0 Å². The number of nitrogens with one attached hydrogen (secondary N) is 1. The molecule has 7 heteroatoms. The topological polar surface area (TPSA) is 58.6 Å². The van der Waals surface area contributed by atoms with Crippen molar-refractivity contribution in [2.75, 3.05) is 7.11 Å². The molecule has 0 heterocycles. The summed E-state index contributed by atoms with van der Waals surface area (Å²) in [5.41, 5.74) is 1.46. The molecule has 1 aliphatic rings. The SMILES string of the molecule is CCC(C(=O)NC1CCCCC1)N(Cc1cccc(OC)c1)C(=O)Cc1c(Cl)cccc1Cl. The van der Waals surface area contributed by atoms with Crippen LogP contribution in [0.25, 0.3) is 0 Å². The van der Waals surface area contributed by atoms with Gasteiger partial charge in [0, 0.05) is 22.6 Å². The van der Waals surface area contributed by atoms with Gasteiger partial charge in [-0.2, -0.15) is 0 Å². The zero-order valence-electron chi connectivity index (χ0n) is 19.3. The lowest BCUT2D eigenvalue weighted by Crippen LogP contribution is -2.52. The van der Waals surface area contributed by atoms with Gasteiger partial charge in [0.1, 0.15) is 11.8 Å². The van der Waals surface area contributed by atoms with Crippen molar-refractivity contribution in [3.63, 3.8) is 0 Å². The molecule has 2 amide bonds. The molecular formula is C26H32Cl2N2O3. The van der Waals surface area contributed by atoms with Crippen LogP contribution in [0.1, 0.15) is 56.6 Å². The molecule has 33 heavy (non-hydrogen) atoms. The molecule has 5 nitrogen and oxygen atoms in total. The van der Waals surface area contributed by atoms with Crippen LogP contribution in [0.4, 0.5) is 0 Å². The molecule has 0 bridgehead atoms. The first-order chi connectivity index (χ1) is 15.9. The minimum atomic E-state index is -0.591. The van der Waals surface area contributed by atoms with Crippen molar-refractivity contribution in [2.45, 2.75) is 70.5 Å². The summed E-state index contributed by atoms with van der Waals surface area (Å²) in [5.74, 6) is 0.401. The molecule has 1 unspecified atom stereocenters. The molecular weight excluding hydrogens is 459 g/mol. The lowest BCUT2D eigenvalue weighted by atomic mass is 9.95. The van der Waals surface area contributed by atoms with E-state index in [0.717, 1.165) is 31.2 Å². The van der Waals surface area contributed by atoms with Gasteiger partial charge in [-0.05, 0) is 54.7 Å². The van der Waals surface area contributed by atoms with Crippen LogP contribution in [0, 0.1) is 0 Å². The summed E-state index contributed by atoms with van der Waals surface area (Å²) in [5, 5.41) is 4.07. The molecule has 1 N–H and O–H groups in total. The Bertz CT molecular complexity index is 940. The number of halogens is 2. The van der Waals surface area contributed by atoms with Crippen molar-refractivity contribution in [3.8, 4) is 5.75 Å². The monoisotopic (exact) mass is 490 g/mol. The highest BCUT2D eigenvalue weighted by Gasteiger charge is 2.31. The summed E-state index contributed by atoms with van der Waals surface area (Å²) >= 11 is 12.7. The lowest BCUT2D eigenvalue weighted by molar-refractivity contribution is -0.141. The summed E-state index contributed by atoms with van der Waals surface area (Å²) in [6.07, 6.45) is 5.96. The Morgan fingerprint density at radius 2 is 1.76 bits per heavy atom. The van der Waals surface area contributed by atoms with Crippen molar-refractivity contribution in [2.24, 2.45) is 0 Å². The van der Waals surface area contributed by atoms with E-state index in [4.69, 9.17) is 27.9 Å². The number of carbonyl (C=O) groups is 2. The Morgan fingerprint density at radius 3 is 2.39 bits per heavy atom. The molecule has 0 aromatic heterocycles. The van der Waals surface area contributed by atoms with Crippen molar-refractivity contribution in [1.82, 2.24) is 10.2 Å². The smallest absolute Gasteiger partial charge is 0.243 e. The van der Waals surface area contributed by atoms with Gasteiger partial charge in [-0.15, -0.1) is 0 Å². The van der Waals surface area contributed by atoms with E-state index >= 15 is 0 Å². The number of nitrogens with zero attached hydrogens (tertiary/aromatic N) is 1. The first kappa shape index (κ1) is 25.4. The third-order valence-corrected chi connectivity index (χ3v) is 6.92. The van der Waals surface area contributed by atoms with Crippen LogP contribution in [0.15, 0.2) is 42.5 Å². The number of methoxy groups -OCH3 is 1. The summed E-state index contributed by atoms with van der Waals surface area (Å²) in [7, 11) is 1.61. The Balaban J connectivity index is 1.86. The Hall–Kier alpha value is -2.24. The van der Waals surface area contributed by atoms with Crippen LogP contribution in [0.5, 0.6) is 5.75 Å². The normalized spacial score (nSPS) is 15.0. The quantitative estimate of drug-likeness (QED) is 0.482. The van der Waals surface area contributed by atoms with Crippen molar-refractivity contribution in [3.05, 3.63) is 63.6 Å². The van der Waals surface area contributed by atoms with Crippen LogP contribution < -0.4 is 10.1 Å². The maximum atomic E-state index is 13.6. The number of carbonyl (C=O) groups excluding carboxylic acids is 2. The fraction of sp³-hybridized carbons (Fsp3) is 0.462. The van der Waals surface area contributed by atoms with E-state index in [2.05, 4.69) is 5.32 Å². The highest BCUT2D eigenvalue weighted by molar-refractivity contribution is 6.36. The van der Waals surface area contributed by atoms with E-state index in [1.807, 2.05) is 31.2 Å². The van der Waals surface area contributed by atoms with Crippen molar-refractivity contribution >= 4 is 35.0 Å². The molecule has 1 atom stereocenters. The molecule has 0 spiro atoms. The number of hydrogen-bond donors (Lipinski definition) is 1. The average molecular weight is 491 g/mol. The van der Waals surface area contributed by atoms with Gasteiger partial charge in [0.2, 0.25) is 11.8 Å². The van der Waals surface area contributed by atoms with Gasteiger partial charge in [0.15, 0.2) is 0 Å². The van der Waals surface area contributed by atoms with Gasteiger partial charge in [-0.1, -0.05) is 67.6 Å². The maximum Gasteiger partial charge on any atom is 0.243 e.